The highest BCUT2D eigenvalue weighted by Crippen LogP contribution is 2.31. The first-order valence-corrected chi connectivity index (χ1v) is 10.5. The fourth-order valence-electron chi connectivity index (χ4n) is 4.28. The summed E-state index contributed by atoms with van der Waals surface area (Å²) < 4.78 is 27.2. The Morgan fingerprint density at radius 2 is 1.48 bits per heavy atom. The molecule has 3 aromatic carbocycles. The molecular weight excluding hydrogens is 394 g/mol. The predicted octanol–water partition coefficient (Wildman–Crippen LogP) is 3.48. The summed E-state index contributed by atoms with van der Waals surface area (Å²) in [7, 11) is 0. The molecule has 0 radical (unpaired) electrons. The molecule has 1 fully saturated rings. The molecule has 31 heavy (non-hydrogen) atoms. The topological polar surface area (TPSA) is 33.5 Å². The lowest BCUT2D eigenvalue weighted by molar-refractivity contribution is -0.914. The molecule has 1 aromatic heterocycles. The maximum absolute atomic E-state index is 13.8. The van der Waals surface area contributed by atoms with E-state index in [1.54, 1.807) is 11.0 Å². The van der Waals surface area contributed by atoms with Crippen molar-refractivity contribution in [1.82, 2.24) is 10.2 Å². The van der Waals surface area contributed by atoms with E-state index in [9.17, 15) is 8.78 Å². The van der Waals surface area contributed by atoms with Gasteiger partial charge in [0.2, 0.25) is 0 Å². The Labute approximate surface area is 179 Å². The second-order valence-corrected chi connectivity index (χ2v) is 7.95. The lowest BCUT2D eigenvalue weighted by atomic mass is 10.0. The van der Waals surface area contributed by atoms with Crippen LogP contribution >= 0.6 is 0 Å². The Balaban J connectivity index is 1.41. The van der Waals surface area contributed by atoms with Crippen molar-refractivity contribution in [1.29, 1.82) is 0 Å². The van der Waals surface area contributed by atoms with E-state index in [0.717, 1.165) is 55.4 Å². The minimum absolute atomic E-state index is 0.520. The zero-order valence-corrected chi connectivity index (χ0v) is 17.1. The van der Waals surface area contributed by atoms with Gasteiger partial charge < -0.3 is 9.80 Å². The monoisotopic (exact) mass is 417 g/mol. The van der Waals surface area contributed by atoms with E-state index >= 15 is 0 Å². The molecule has 0 unspecified atom stereocenters. The summed E-state index contributed by atoms with van der Waals surface area (Å²) in [6, 6.07) is 22.3. The third-order valence-electron chi connectivity index (χ3n) is 5.93. The van der Waals surface area contributed by atoms with Crippen LogP contribution in [0.5, 0.6) is 0 Å². The molecule has 1 saturated heterocycles. The summed E-state index contributed by atoms with van der Waals surface area (Å²) in [5.74, 6) is -0.904. The number of fused-ring (bicyclic) bond motifs is 1. The lowest BCUT2D eigenvalue weighted by Crippen LogP contribution is -3.13. The first-order chi connectivity index (χ1) is 15.2. The molecule has 4 aromatic rings. The van der Waals surface area contributed by atoms with E-state index in [0.29, 0.717) is 11.3 Å². The Hall–Kier alpha value is -3.38. The normalized spacial score (nSPS) is 14.8. The Morgan fingerprint density at radius 3 is 2.23 bits per heavy atom. The number of nitrogens with zero attached hydrogens (tertiary/aromatic N) is 3. The van der Waals surface area contributed by atoms with Crippen LogP contribution in [-0.2, 0) is 6.54 Å². The number of nitrogens with one attached hydrogen (secondary N) is 1. The minimum Gasteiger partial charge on any atom is -0.343 e. The van der Waals surface area contributed by atoms with Gasteiger partial charge in [0.15, 0.2) is 17.5 Å². The third kappa shape index (κ3) is 3.99. The predicted molar refractivity (Wildman–Crippen MR) is 118 cm³/mol. The maximum Gasteiger partial charge on any atom is 0.159 e. The van der Waals surface area contributed by atoms with E-state index in [1.807, 2.05) is 30.3 Å². The molecule has 5 rings (SSSR count). The average molecular weight is 417 g/mol. The number of quaternary nitrogens is 1. The Kier molecular flexibility index (Phi) is 5.30. The Morgan fingerprint density at radius 1 is 0.774 bits per heavy atom. The highest BCUT2D eigenvalue weighted by Gasteiger charge is 2.24. The second-order valence-electron chi connectivity index (χ2n) is 7.95. The standard InChI is InChI=1S/C25H22F2N4/c26-22-11-10-19(16-23(22)27)24-20-8-4-5-9-21(20)25(29-28-24)31-14-12-30(13-15-31)17-18-6-2-1-3-7-18/h1-11,16H,12-15,17H2/p+1. The average Bonchev–Trinajstić information content (AvgIpc) is 2.81. The van der Waals surface area contributed by atoms with E-state index < -0.39 is 11.6 Å². The van der Waals surface area contributed by atoms with Crippen LogP contribution in [0.1, 0.15) is 5.56 Å². The highest BCUT2D eigenvalue weighted by atomic mass is 19.2. The van der Waals surface area contributed by atoms with Crippen LogP contribution in [0, 0.1) is 11.6 Å². The molecule has 1 aliphatic rings. The van der Waals surface area contributed by atoms with E-state index in [1.165, 1.54) is 11.6 Å². The molecule has 0 amide bonds. The van der Waals surface area contributed by atoms with Crippen molar-refractivity contribution in [2.24, 2.45) is 0 Å². The minimum atomic E-state index is -0.884. The third-order valence-corrected chi connectivity index (χ3v) is 5.93. The highest BCUT2D eigenvalue weighted by molar-refractivity contribution is 6.00. The molecule has 4 nitrogen and oxygen atoms in total. The molecule has 0 bridgehead atoms. The smallest absolute Gasteiger partial charge is 0.159 e. The number of piperazine rings is 1. The van der Waals surface area contributed by atoms with Gasteiger partial charge in [0, 0.05) is 21.9 Å². The van der Waals surface area contributed by atoms with Crippen molar-refractivity contribution >= 4 is 16.6 Å². The fourth-order valence-corrected chi connectivity index (χ4v) is 4.28. The molecule has 0 spiro atoms. The van der Waals surface area contributed by atoms with Gasteiger partial charge in [-0.05, 0) is 18.2 Å². The molecule has 0 aliphatic carbocycles. The summed E-state index contributed by atoms with van der Waals surface area (Å²) in [4.78, 5) is 3.83. The van der Waals surface area contributed by atoms with Crippen LogP contribution in [0.4, 0.5) is 14.6 Å². The van der Waals surface area contributed by atoms with Gasteiger partial charge in [-0.25, -0.2) is 8.78 Å². The molecule has 2 heterocycles. The summed E-state index contributed by atoms with van der Waals surface area (Å²) in [5.41, 5.74) is 2.44. The zero-order chi connectivity index (χ0) is 21.2. The molecule has 1 N–H and O–H groups in total. The molecule has 0 atom stereocenters. The quantitative estimate of drug-likeness (QED) is 0.552. The number of benzene rings is 3. The van der Waals surface area contributed by atoms with E-state index in [-0.39, 0.29) is 0 Å². The van der Waals surface area contributed by atoms with Crippen molar-refractivity contribution in [3.05, 3.63) is 90.0 Å². The van der Waals surface area contributed by atoms with Crippen molar-refractivity contribution in [3.63, 3.8) is 0 Å². The van der Waals surface area contributed by atoms with E-state index in [4.69, 9.17) is 0 Å². The van der Waals surface area contributed by atoms with Gasteiger partial charge in [-0.1, -0.05) is 54.6 Å². The van der Waals surface area contributed by atoms with Crippen LogP contribution < -0.4 is 9.80 Å². The zero-order valence-electron chi connectivity index (χ0n) is 17.1. The molecule has 1 aliphatic heterocycles. The largest absolute Gasteiger partial charge is 0.343 e. The number of rotatable bonds is 4. The molecule has 156 valence electrons. The number of hydrogen-bond acceptors (Lipinski definition) is 3. The van der Waals surface area contributed by atoms with Gasteiger partial charge in [0.25, 0.3) is 0 Å². The number of aromatic nitrogens is 2. The van der Waals surface area contributed by atoms with Crippen molar-refractivity contribution in [2.75, 3.05) is 31.1 Å². The van der Waals surface area contributed by atoms with Crippen LogP contribution in [0.25, 0.3) is 22.0 Å². The first kappa shape index (κ1) is 19.6. The summed E-state index contributed by atoms with van der Waals surface area (Å²) in [5, 5.41) is 10.8. The first-order valence-electron chi connectivity index (χ1n) is 10.5. The van der Waals surface area contributed by atoms with E-state index in [2.05, 4.69) is 39.4 Å². The van der Waals surface area contributed by atoms with Gasteiger partial charge in [-0.3, -0.25) is 0 Å². The van der Waals surface area contributed by atoms with Gasteiger partial charge in [-0.2, -0.15) is 0 Å². The van der Waals surface area contributed by atoms with Crippen molar-refractivity contribution in [3.8, 4) is 11.3 Å². The SMILES string of the molecule is Fc1ccc(-c2nnc(N3CC[NH+](Cc4ccccc4)CC3)c3ccccc23)cc1F. The van der Waals surface area contributed by atoms with Crippen LogP contribution in [0.3, 0.4) is 0 Å². The van der Waals surface area contributed by atoms with Crippen LogP contribution in [0.2, 0.25) is 0 Å². The molecule has 0 saturated carbocycles. The number of hydrogen-bond donors (Lipinski definition) is 1. The van der Waals surface area contributed by atoms with Crippen molar-refractivity contribution in [2.45, 2.75) is 6.54 Å². The van der Waals surface area contributed by atoms with Crippen LogP contribution in [-0.4, -0.2) is 36.4 Å². The number of anilines is 1. The van der Waals surface area contributed by atoms with Gasteiger partial charge in [0.05, 0.1) is 26.2 Å². The Bertz CT molecular complexity index is 1200. The fraction of sp³-hybridized carbons (Fsp3) is 0.200. The summed E-state index contributed by atoms with van der Waals surface area (Å²) in [6.45, 7) is 4.86. The van der Waals surface area contributed by atoms with Gasteiger partial charge >= 0.3 is 0 Å². The summed E-state index contributed by atoms with van der Waals surface area (Å²) >= 11 is 0. The maximum atomic E-state index is 13.8. The van der Waals surface area contributed by atoms with Crippen molar-refractivity contribution < 1.29 is 13.7 Å². The van der Waals surface area contributed by atoms with Crippen LogP contribution in [0.15, 0.2) is 72.8 Å². The van der Waals surface area contributed by atoms with Gasteiger partial charge in [-0.15, -0.1) is 10.2 Å². The van der Waals surface area contributed by atoms with Gasteiger partial charge in [0.1, 0.15) is 12.2 Å². The second kappa shape index (κ2) is 8.40. The lowest BCUT2D eigenvalue weighted by Gasteiger charge is -2.33. The molecular formula is C25H23F2N4+. The number of halogens is 2. The summed E-state index contributed by atoms with van der Waals surface area (Å²) in [6.07, 6.45) is 0. The molecule has 6 heteroatoms.